The van der Waals surface area contributed by atoms with E-state index in [0.717, 1.165) is 32.4 Å². The van der Waals surface area contributed by atoms with Gasteiger partial charge in [0.1, 0.15) is 0 Å². The average Bonchev–Trinajstić information content (AvgIpc) is 2.37. The number of carboxylic acid groups (broad SMARTS) is 1. The molecule has 2 atom stereocenters. The maximum Gasteiger partial charge on any atom is 0.303 e. The molecule has 1 saturated heterocycles. The van der Waals surface area contributed by atoms with Gasteiger partial charge in [0.05, 0.1) is 5.41 Å². The van der Waals surface area contributed by atoms with E-state index in [-0.39, 0.29) is 17.7 Å². The smallest absolute Gasteiger partial charge is 0.303 e. The number of carboxylic acids is 1. The summed E-state index contributed by atoms with van der Waals surface area (Å²) < 4.78 is 0. The molecule has 0 radical (unpaired) electrons. The summed E-state index contributed by atoms with van der Waals surface area (Å²) in [6.45, 7) is 6.40. The van der Waals surface area contributed by atoms with E-state index in [1.807, 2.05) is 13.8 Å². The fourth-order valence-corrected chi connectivity index (χ4v) is 2.41. The fraction of sp³-hybridized carbons (Fsp3) is 0.857. The van der Waals surface area contributed by atoms with Gasteiger partial charge in [0.15, 0.2) is 0 Å². The first-order valence-corrected chi connectivity index (χ1v) is 7.15. The first kappa shape index (κ1) is 16.0. The highest BCUT2D eigenvalue weighted by molar-refractivity contribution is 5.82. The number of nitrogens with one attached hydrogen (secondary N) is 2. The van der Waals surface area contributed by atoms with Crippen molar-refractivity contribution in [3.8, 4) is 0 Å². The molecule has 0 saturated carbocycles. The number of piperidine rings is 1. The predicted octanol–water partition coefficient (Wildman–Crippen LogP) is 1.38. The number of aliphatic carboxylic acids is 1. The third-order valence-electron chi connectivity index (χ3n) is 3.92. The SMILES string of the molecule is CC(CCNC(=O)C1(C)CCCNC1)CCC(=O)O. The van der Waals surface area contributed by atoms with Crippen molar-refractivity contribution >= 4 is 11.9 Å². The van der Waals surface area contributed by atoms with Crippen molar-refractivity contribution in [3.05, 3.63) is 0 Å². The van der Waals surface area contributed by atoms with Crippen molar-refractivity contribution in [1.82, 2.24) is 10.6 Å². The Kier molecular flexibility index (Phi) is 6.28. The van der Waals surface area contributed by atoms with E-state index in [1.54, 1.807) is 0 Å². The zero-order chi connectivity index (χ0) is 14.3. The first-order valence-electron chi connectivity index (χ1n) is 7.15. The predicted molar refractivity (Wildman–Crippen MR) is 73.9 cm³/mol. The third kappa shape index (κ3) is 5.59. The molecule has 5 heteroatoms. The van der Waals surface area contributed by atoms with Crippen LogP contribution in [0.15, 0.2) is 0 Å². The Balaban J connectivity index is 2.21. The Morgan fingerprint density at radius 2 is 2.16 bits per heavy atom. The topological polar surface area (TPSA) is 78.4 Å². The first-order chi connectivity index (χ1) is 8.94. The summed E-state index contributed by atoms with van der Waals surface area (Å²) in [5.74, 6) is -0.310. The molecule has 1 rings (SSSR count). The third-order valence-corrected chi connectivity index (χ3v) is 3.92. The van der Waals surface area contributed by atoms with Gasteiger partial charge >= 0.3 is 5.97 Å². The fourth-order valence-electron chi connectivity index (χ4n) is 2.41. The second kappa shape index (κ2) is 7.48. The minimum absolute atomic E-state index is 0.116. The molecular formula is C14H26N2O3. The van der Waals surface area contributed by atoms with Gasteiger partial charge < -0.3 is 15.7 Å². The summed E-state index contributed by atoms with van der Waals surface area (Å²) in [5, 5.41) is 14.9. The summed E-state index contributed by atoms with van der Waals surface area (Å²) in [4.78, 5) is 22.6. The van der Waals surface area contributed by atoms with Crippen molar-refractivity contribution in [3.63, 3.8) is 0 Å². The van der Waals surface area contributed by atoms with Gasteiger partial charge in [0.25, 0.3) is 0 Å². The van der Waals surface area contributed by atoms with Crippen LogP contribution in [0.2, 0.25) is 0 Å². The van der Waals surface area contributed by atoms with E-state index < -0.39 is 5.97 Å². The second-order valence-electron chi connectivity index (χ2n) is 5.92. The van der Waals surface area contributed by atoms with Crippen molar-refractivity contribution in [2.75, 3.05) is 19.6 Å². The molecular weight excluding hydrogens is 244 g/mol. The maximum atomic E-state index is 12.1. The number of carbonyl (C=O) groups is 2. The molecule has 1 aliphatic heterocycles. The van der Waals surface area contributed by atoms with Gasteiger partial charge in [0, 0.05) is 19.5 Å². The average molecular weight is 270 g/mol. The molecule has 1 heterocycles. The summed E-state index contributed by atoms with van der Waals surface area (Å²) in [6.07, 6.45) is 3.68. The van der Waals surface area contributed by atoms with Gasteiger partial charge in [-0.2, -0.15) is 0 Å². The summed E-state index contributed by atoms with van der Waals surface area (Å²) in [7, 11) is 0. The van der Waals surface area contributed by atoms with E-state index in [9.17, 15) is 9.59 Å². The monoisotopic (exact) mass is 270 g/mol. The molecule has 0 aromatic heterocycles. The van der Waals surface area contributed by atoms with Gasteiger partial charge in [-0.1, -0.05) is 6.92 Å². The Morgan fingerprint density at radius 3 is 2.74 bits per heavy atom. The molecule has 0 aromatic carbocycles. The molecule has 0 spiro atoms. The highest BCUT2D eigenvalue weighted by Crippen LogP contribution is 2.25. The van der Waals surface area contributed by atoms with Gasteiger partial charge in [-0.15, -0.1) is 0 Å². The van der Waals surface area contributed by atoms with Crippen molar-refractivity contribution < 1.29 is 14.7 Å². The molecule has 0 bridgehead atoms. The van der Waals surface area contributed by atoms with E-state index in [4.69, 9.17) is 5.11 Å². The Hall–Kier alpha value is -1.10. The van der Waals surface area contributed by atoms with Crippen LogP contribution in [0.5, 0.6) is 0 Å². The highest BCUT2D eigenvalue weighted by Gasteiger charge is 2.34. The molecule has 0 aliphatic carbocycles. The van der Waals surface area contributed by atoms with Crippen molar-refractivity contribution in [2.45, 2.75) is 46.0 Å². The molecule has 2 unspecified atom stereocenters. The van der Waals surface area contributed by atoms with Crippen LogP contribution >= 0.6 is 0 Å². The Morgan fingerprint density at radius 1 is 1.42 bits per heavy atom. The van der Waals surface area contributed by atoms with Gasteiger partial charge in [-0.05, 0) is 45.1 Å². The lowest BCUT2D eigenvalue weighted by molar-refractivity contribution is -0.137. The summed E-state index contributed by atoms with van der Waals surface area (Å²) in [6, 6.07) is 0. The number of hydrogen-bond donors (Lipinski definition) is 3. The quantitative estimate of drug-likeness (QED) is 0.653. The normalized spacial score (nSPS) is 24.7. The zero-order valence-electron chi connectivity index (χ0n) is 12.0. The largest absolute Gasteiger partial charge is 0.481 e. The minimum Gasteiger partial charge on any atom is -0.481 e. The zero-order valence-corrected chi connectivity index (χ0v) is 12.0. The van der Waals surface area contributed by atoms with Crippen molar-refractivity contribution in [2.24, 2.45) is 11.3 Å². The lowest BCUT2D eigenvalue weighted by Gasteiger charge is -2.32. The van der Waals surface area contributed by atoms with Gasteiger partial charge in [-0.25, -0.2) is 0 Å². The van der Waals surface area contributed by atoms with Crippen LogP contribution in [0.1, 0.15) is 46.0 Å². The molecule has 1 amide bonds. The molecule has 3 N–H and O–H groups in total. The van der Waals surface area contributed by atoms with Crippen LogP contribution in [0.3, 0.4) is 0 Å². The maximum absolute atomic E-state index is 12.1. The second-order valence-corrected chi connectivity index (χ2v) is 5.92. The van der Waals surface area contributed by atoms with Crippen LogP contribution in [-0.4, -0.2) is 36.6 Å². The van der Waals surface area contributed by atoms with Crippen molar-refractivity contribution in [1.29, 1.82) is 0 Å². The molecule has 110 valence electrons. The molecule has 1 aliphatic rings. The number of rotatable bonds is 7. The summed E-state index contributed by atoms with van der Waals surface area (Å²) >= 11 is 0. The van der Waals surface area contributed by atoms with Gasteiger partial charge in [-0.3, -0.25) is 9.59 Å². The van der Waals surface area contributed by atoms with Crippen LogP contribution < -0.4 is 10.6 Å². The lowest BCUT2D eigenvalue weighted by atomic mass is 9.82. The molecule has 0 aromatic rings. The number of amides is 1. The van der Waals surface area contributed by atoms with Crippen LogP contribution in [0.4, 0.5) is 0 Å². The van der Waals surface area contributed by atoms with Crippen LogP contribution in [0.25, 0.3) is 0 Å². The van der Waals surface area contributed by atoms with E-state index in [0.29, 0.717) is 18.9 Å². The molecule has 5 nitrogen and oxygen atoms in total. The molecule has 19 heavy (non-hydrogen) atoms. The Labute approximate surface area is 115 Å². The van der Waals surface area contributed by atoms with E-state index in [2.05, 4.69) is 10.6 Å². The Bertz CT molecular complexity index is 312. The van der Waals surface area contributed by atoms with Crippen LogP contribution in [-0.2, 0) is 9.59 Å². The van der Waals surface area contributed by atoms with Gasteiger partial charge in [0.2, 0.25) is 5.91 Å². The van der Waals surface area contributed by atoms with E-state index in [1.165, 1.54) is 0 Å². The highest BCUT2D eigenvalue weighted by atomic mass is 16.4. The number of hydrogen-bond acceptors (Lipinski definition) is 3. The standard InChI is InChI=1S/C14H26N2O3/c1-11(4-5-12(17)18)6-9-16-13(19)14(2)7-3-8-15-10-14/h11,15H,3-10H2,1-2H3,(H,16,19)(H,17,18). The van der Waals surface area contributed by atoms with E-state index >= 15 is 0 Å². The summed E-state index contributed by atoms with van der Waals surface area (Å²) in [5.41, 5.74) is -0.289. The van der Waals surface area contributed by atoms with Crippen LogP contribution in [0, 0.1) is 11.3 Å². The lowest BCUT2D eigenvalue weighted by Crippen LogP contribution is -2.48. The molecule has 1 fully saturated rings. The number of carbonyl (C=O) groups excluding carboxylic acids is 1. The minimum atomic E-state index is -0.753.